The SMILES string of the molecule is CON=Cc1ccc(OCCCCCCN(C)c2ccc(Cl)nn2)cc1. The monoisotopic (exact) mass is 376 g/mol. The van der Waals surface area contributed by atoms with Crippen molar-refractivity contribution in [1.82, 2.24) is 10.2 Å². The summed E-state index contributed by atoms with van der Waals surface area (Å²) < 4.78 is 5.76. The fraction of sp³-hybridized carbons (Fsp3) is 0.421. The van der Waals surface area contributed by atoms with E-state index in [0.29, 0.717) is 5.15 Å². The predicted octanol–water partition coefficient (Wildman–Crippen LogP) is 4.19. The van der Waals surface area contributed by atoms with Gasteiger partial charge in [-0.05, 0) is 54.8 Å². The second-order valence-corrected chi connectivity index (χ2v) is 6.27. The summed E-state index contributed by atoms with van der Waals surface area (Å²) in [7, 11) is 3.54. The Balaban J connectivity index is 1.55. The Labute approximate surface area is 159 Å². The van der Waals surface area contributed by atoms with Crippen LogP contribution in [-0.4, -0.2) is 43.7 Å². The average molecular weight is 377 g/mol. The minimum Gasteiger partial charge on any atom is -0.494 e. The highest BCUT2D eigenvalue weighted by molar-refractivity contribution is 6.29. The maximum atomic E-state index is 5.76. The first-order valence-corrected chi connectivity index (χ1v) is 9.06. The molecule has 1 aromatic carbocycles. The molecule has 0 aliphatic heterocycles. The molecule has 6 nitrogen and oxygen atoms in total. The topological polar surface area (TPSA) is 59.8 Å². The van der Waals surface area contributed by atoms with Crippen molar-refractivity contribution in [2.45, 2.75) is 25.7 Å². The zero-order chi connectivity index (χ0) is 18.6. The number of nitrogens with zero attached hydrogens (tertiary/aromatic N) is 4. The van der Waals surface area contributed by atoms with Crippen LogP contribution in [0.2, 0.25) is 5.15 Å². The molecule has 1 heterocycles. The lowest BCUT2D eigenvalue weighted by Crippen LogP contribution is -2.19. The molecule has 0 N–H and O–H groups in total. The molecule has 140 valence electrons. The van der Waals surface area contributed by atoms with E-state index in [1.165, 1.54) is 7.11 Å². The third-order valence-corrected chi connectivity index (χ3v) is 4.05. The van der Waals surface area contributed by atoms with E-state index in [1.54, 1.807) is 12.3 Å². The average Bonchev–Trinajstić information content (AvgIpc) is 2.67. The van der Waals surface area contributed by atoms with Gasteiger partial charge in [0.15, 0.2) is 11.0 Å². The molecular formula is C19H25ClN4O2. The van der Waals surface area contributed by atoms with Gasteiger partial charge in [0, 0.05) is 13.6 Å². The lowest BCUT2D eigenvalue weighted by atomic mass is 10.2. The van der Waals surface area contributed by atoms with Gasteiger partial charge in [0.25, 0.3) is 0 Å². The van der Waals surface area contributed by atoms with Crippen molar-refractivity contribution < 1.29 is 9.57 Å². The van der Waals surface area contributed by atoms with Crippen molar-refractivity contribution in [3.05, 3.63) is 47.1 Å². The molecular weight excluding hydrogens is 352 g/mol. The van der Waals surface area contributed by atoms with Crippen molar-refractivity contribution in [2.75, 3.05) is 32.2 Å². The number of benzene rings is 1. The van der Waals surface area contributed by atoms with Gasteiger partial charge in [-0.15, -0.1) is 10.2 Å². The van der Waals surface area contributed by atoms with Crippen LogP contribution in [0.25, 0.3) is 0 Å². The second-order valence-electron chi connectivity index (χ2n) is 5.88. The molecule has 1 aromatic heterocycles. The Morgan fingerprint density at radius 1 is 1.04 bits per heavy atom. The highest BCUT2D eigenvalue weighted by Gasteiger charge is 2.03. The number of anilines is 1. The number of hydrogen-bond acceptors (Lipinski definition) is 6. The molecule has 0 saturated heterocycles. The number of halogens is 1. The lowest BCUT2D eigenvalue weighted by molar-refractivity contribution is 0.215. The molecule has 0 fully saturated rings. The van der Waals surface area contributed by atoms with E-state index in [0.717, 1.165) is 56.0 Å². The van der Waals surface area contributed by atoms with Crippen LogP contribution in [0.3, 0.4) is 0 Å². The summed E-state index contributed by atoms with van der Waals surface area (Å²) in [6.07, 6.45) is 6.10. The number of aromatic nitrogens is 2. The first-order valence-electron chi connectivity index (χ1n) is 8.69. The highest BCUT2D eigenvalue weighted by atomic mass is 35.5. The van der Waals surface area contributed by atoms with E-state index in [-0.39, 0.29) is 0 Å². The zero-order valence-electron chi connectivity index (χ0n) is 15.3. The molecule has 0 radical (unpaired) electrons. The summed E-state index contributed by atoms with van der Waals surface area (Å²) in [4.78, 5) is 6.75. The van der Waals surface area contributed by atoms with Crippen molar-refractivity contribution in [2.24, 2.45) is 5.16 Å². The molecule has 0 saturated carbocycles. The van der Waals surface area contributed by atoms with Crippen LogP contribution in [0.15, 0.2) is 41.6 Å². The molecule has 26 heavy (non-hydrogen) atoms. The summed E-state index contributed by atoms with van der Waals surface area (Å²) in [6.45, 7) is 1.67. The van der Waals surface area contributed by atoms with Crippen LogP contribution in [0.5, 0.6) is 5.75 Å². The molecule has 0 atom stereocenters. The molecule has 0 bridgehead atoms. The van der Waals surface area contributed by atoms with Gasteiger partial charge in [-0.25, -0.2) is 0 Å². The van der Waals surface area contributed by atoms with Crippen LogP contribution in [0.1, 0.15) is 31.2 Å². The van der Waals surface area contributed by atoms with Gasteiger partial charge in [0.05, 0.1) is 12.8 Å². The summed E-state index contributed by atoms with van der Waals surface area (Å²) in [5.74, 6) is 1.72. The number of ether oxygens (including phenoxy) is 1. The summed E-state index contributed by atoms with van der Waals surface area (Å²) in [5, 5.41) is 12.1. The van der Waals surface area contributed by atoms with Gasteiger partial charge in [-0.3, -0.25) is 0 Å². The van der Waals surface area contributed by atoms with Gasteiger partial charge in [0.1, 0.15) is 12.9 Å². The second kappa shape index (κ2) is 11.3. The standard InChI is InChI=1S/C19H25ClN4O2/c1-24(19-12-11-18(20)22-23-19)13-5-3-4-6-14-26-17-9-7-16(8-10-17)15-21-25-2/h7-12,15H,3-6,13-14H2,1-2H3. The summed E-state index contributed by atoms with van der Waals surface area (Å²) >= 11 is 5.75. The van der Waals surface area contributed by atoms with Crippen molar-refractivity contribution >= 4 is 23.6 Å². The fourth-order valence-corrected chi connectivity index (χ4v) is 2.49. The van der Waals surface area contributed by atoms with E-state index < -0.39 is 0 Å². The molecule has 0 amide bonds. The number of unbranched alkanes of at least 4 members (excludes halogenated alkanes) is 3. The van der Waals surface area contributed by atoms with Gasteiger partial charge >= 0.3 is 0 Å². The summed E-state index contributed by atoms with van der Waals surface area (Å²) in [6, 6.07) is 11.4. The first kappa shape index (κ1) is 20.0. The number of hydrogen-bond donors (Lipinski definition) is 0. The Bertz CT molecular complexity index is 662. The third kappa shape index (κ3) is 7.27. The minimum absolute atomic E-state index is 0.417. The molecule has 0 unspecified atom stereocenters. The predicted molar refractivity (Wildman–Crippen MR) is 105 cm³/mol. The minimum atomic E-state index is 0.417. The molecule has 0 spiro atoms. The Morgan fingerprint density at radius 3 is 2.50 bits per heavy atom. The fourth-order valence-electron chi connectivity index (χ4n) is 2.39. The Hall–Kier alpha value is -2.34. The van der Waals surface area contributed by atoms with Gasteiger partial charge in [0.2, 0.25) is 0 Å². The van der Waals surface area contributed by atoms with E-state index in [2.05, 4.69) is 25.1 Å². The molecule has 0 aliphatic carbocycles. The Morgan fingerprint density at radius 2 is 1.81 bits per heavy atom. The normalized spacial score (nSPS) is 10.9. The van der Waals surface area contributed by atoms with E-state index >= 15 is 0 Å². The van der Waals surface area contributed by atoms with Gasteiger partial charge in [-0.2, -0.15) is 0 Å². The molecule has 0 aliphatic rings. The maximum absolute atomic E-state index is 5.76. The van der Waals surface area contributed by atoms with E-state index in [1.807, 2.05) is 37.4 Å². The van der Waals surface area contributed by atoms with Gasteiger partial charge < -0.3 is 14.5 Å². The lowest BCUT2D eigenvalue weighted by Gasteiger charge is -2.17. The van der Waals surface area contributed by atoms with Gasteiger partial charge in [-0.1, -0.05) is 29.6 Å². The third-order valence-electron chi connectivity index (χ3n) is 3.85. The van der Waals surface area contributed by atoms with Crippen LogP contribution >= 0.6 is 11.6 Å². The van der Waals surface area contributed by atoms with Crippen molar-refractivity contribution in [1.29, 1.82) is 0 Å². The largest absolute Gasteiger partial charge is 0.494 e. The van der Waals surface area contributed by atoms with Crippen LogP contribution in [0, 0.1) is 0 Å². The van der Waals surface area contributed by atoms with Crippen LogP contribution in [0.4, 0.5) is 5.82 Å². The first-order chi connectivity index (χ1) is 12.7. The van der Waals surface area contributed by atoms with E-state index in [9.17, 15) is 0 Å². The highest BCUT2D eigenvalue weighted by Crippen LogP contribution is 2.13. The maximum Gasteiger partial charge on any atom is 0.151 e. The summed E-state index contributed by atoms with van der Waals surface area (Å²) in [5.41, 5.74) is 0.980. The number of oxime groups is 1. The molecule has 2 aromatic rings. The zero-order valence-corrected chi connectivity index (χ0v) is 16.0. The van der Waals surface area contributed by atoms with Crippen LogP contribution < -0.4 is 9.64 Å². The van der Waals surface area contributed by atoms with Crippen molar-refractivity contribution in [3.63, 3.8) is 0 Å². The molecule has 7 heteroatoms. The van der Waals surface area contributed by atoms with Crippen molar-refractivity contribution in [3.8, 4) is 5.75 Å². The van der Waals surface area contributed by atoms with E-state index in [4.69, 9.17) is 16.3 Å². The quantitative estimate of drug-likeness (QED) is 0.334. The smallest absolute Gasteiger partial charge is 0.151 e. The van der Waals surface area contributed by atoms with Crippen LogP contribution in [-0.2, 0) is 4.84 Å². The number of rotatable bonds is 11. The molecule has 2 rings (SSSR count). The Kier molecular flexibility index (Phi) is 8.69.